The summed E-state index contributed by atoms with van der Waals surface area (Å²) in [6.45, 7) is 0.718. The normalized spacial score (nSPS) is 15.2. The average molecular weight is 539 g/mol. The lowest BCUT2D eigenvalue weighted by Gasteiger charge is -2.35. The summed E-state index contributed by atoms with van der Waals surface area (Å²) in [6.07, 6.45) is 6.76. The van der Waals surface area contributed by atoms with Gasteiger partial charge in [-0.15, -0.1) is 0 Å². The molecule has 7 heteroatoms. The van der Waals surface area contributed by atoms with Crippen LogP contribution >= 0.6 is 0 Å². The molecule has 4 rings (SSSR count). The van der Waals surface area contributed by atoms with Gasteiger partial charge in [0.1, 0.15) is 0 Å². The molecule has 40 heavy (non-hydrogen) atoms. The lowest BCUT2D eigenvalue weighted by molar-refractivity contribution is 0.241. The second-order valence-corrected chi connectivity index (χ2v) is 10.8. The van der Waals surface area contributed by atoms with Crippen LogP contribution < -0.4 is 22.5 Å². The van der Waals surface area contributed by atoms with E-state index >= 15 is 0 Å². The molecular formula is C33H42N6O. The van der Waals surface area contributed by atoms with Crippen LogP contribution in [-0.2, 0) is 31.3 Å². The maximum absolute atomic E-state index is 9.88. The summed E-state index contributed by atoms with van der Waals surface area (Å²) >= 11 is 0. The highest BCUT2D eigenvalue weighted by atomic mass is 16.3. The Hall–Kier alpha value is -3.46. The van der Waals surface area contributed by atoms with E-state index in [9.17, 15) is 5.11 Å². The summed E-state index contributed by atoms with van der Waals surface area (Å²) in [7, 11) is 0. The minimum absolute atomic E-state index is 0.0233. The van der Waals surface area contributed by atoms with Gasteiger partial charge in [0.05, 0.1) is 6.61 Å². The molecule has 0 fully saturated rings. The van der Waals surface area contributed by atoms with Crippen LogP contribution in [0.25, 0.3) is 0 Å². The fourth-order valence-corrected chi connectivity index (χ4v) is 5.29. The predicted molar refractivity (Wildman–Crippen MR) is 161 cm³/mol. The van der Waals surface area contributed by atoms with E-state index in [2.05, 4.69) is 51.7 Å². The van der Waals surface area contributed by atoms with Gasteiger partial charge >= 0.3 is 0 Å². The fourth-order valence-electron chi connectivity index (χ4n) is 5.29. The molecule has 0 radical (unpaired) electrons. The van der Waals surface area contributed by atoms with Crippen LogP contribution in [0.15, 0.2) is 103 Å². The van der Waals surface area contributed by atoms with Crippen molar-refractivity contribution in [1.29, 1.82) is 0 Å². The molecule has 0 bridgehead atoms. The zero-order valence-electron chi connectivity index (χ0n) is 23.1. The molecule has 2 aromatic heterocycles. The molecule has 3 atom stereocenters. The van der Waals surface area contributed by atoms with Crippen LogP contribution in [0, 0.1) is 0 Å². The molecule has 2 aromatic carbocycles. The molecular weight excluding hydrogens is 496 g/mol. The monoisotopic (exact) mass is 538 g/mol. The largest absolute Gasteiger partial charge is 0.395 e. The standard InChI is InChI=1S/C33H42N6O/c34-28(19-30-10-4-6-16-37-30)21-33(36,22-29(35)20-31-11-5-7-17-38-31)27-14-12-26(13-15-27)23-39-32(24-40)18-25-8-2-1-3-9-25/h1-17,28-29,32,39-40H,18-24,34-36H2/t28?,29?,32-,33?/m1/s1. The summed E-state index contributed by atoms with van der Waals surface area (Å²) in [6, 6.07) is 29.9. The van der Waals surface area contributed by atoms with Gasteiger partial charge in [0, 0.05) is 66.8 Å². The highest BCUT2D eigenvalue weighted by molar-refractivity contribution is 5.29. The number of rotatable bonds is 15. The van der Waals surface area contributed by atoms with Crippen LogP contribution in [0.4, 0.5) is 0 Å². The number of nitrogens with two attached hydrogens (primary N) is 3. The Morgan fingerprint density at radius 2 is 1.23 bits per heavy atom. The molecule has 4 aromatic rings. The first-order valence-electron chi connectivity index (χ1n) is 14.0. The molecule has 2 heterocycles. The smallest absolute Gasteiger partial charge is 0.0587 e. The van der Waals surface area contributed by atoms with Crippen molar-refractivity contribution in [3.05, 3.63) is 131 Å². The third kappa shape index (κ3) is 9.05. The van der Waals surface area contributed by atoms with E-state index in [1.165, 1.54) is 5.56 Å². The van der Waals surface area contributed by atoms with Crippen LogP contribution in [0.5, 0.6) is 0 Å². The predicted octanol–water partition coefficient (Wildman–Crippen LogP) is 3.24. The number of aliphatic hydroxyl groups excluding tert-OH is 1. The Kier molecular flexibility index (Phi) is 10.9. The van der Waals surface area contributed by atoms with E-state index in [1.807, 2.05) is 54.6 Å². The third-order valence-electron chi connectivity index (χ3n) is 7.32. The fraction of sp³-hybridized carbons (Fsp3) is 0.333. The van der Waals surface area contributed by atoms with Crippen LogP contribution in [0.2, 0.25) is 0 Å². The Balaban J connectivity index is 1.44. The van der Waals surface area contributed by atoms with Gasteiger partial charge in [-0.05, 0) is 60.2 Å². The van der Waals surface area contributed by atoms with Crippen molar-refractivity contribution >= 4 is 0 Å². The number of hydrogen-bond donors (Lipinski definition) is 5. The molecule has 8 N–H and O–H groups in total. The topological polar surface area (TPSA) is 136 Å². The Labute approximate surface area is 237 Å². The minimum Gasteiger partial charge on any atom is -0.395 e. The Morgan fingerprint density at radius 1 is 0.675 bits per heavy atom. The Morgan fingerprint density at radius 3 is 1.73 bits per heavy atom. The van der Waals surface area contributed by atoms with Crippen LogP contribution in [0.3, 0.4) is 0 Å². The molecule has 2 unspecified atom stereocenters. The van der Waals surface area contributed by atoms with Crippen molar-refractivity contribution in [2.45, 2.75) is 62.3 Å². The molecule has 0 aliphatic rings. The summed E-state index contributed by atoms with van der Waals surface area (Å²) in [5.41, 5.74) is 24.9. The lowest BCUT2D eigenvalue weighted by Crippen LogP contribution is -2.47. The summed E-state index contributed by atoms with van der Waals surface area (Å²) in [5, 5.41) is 13.4. The molecule has 0 saturated carbocycles. The van der Waals surface area contributed by atoms with Crippen molar-refractivity contribution in [2.75, 3.05) is 6.61 Å². The summed E-state index contributed by atoms with van der Waals surface area (Å²) < 4.78 is 0. The average Bonchev–Trinajstić information content (AvgIpc) is 2.97. The van der Waals surface area contributed by atoms with E-state index < -0.39 is 5.54 Å². The van der Waals surface area contributed by atoms with Gasteiger partial charge in [-0.3, -0.25) is 9.97 Å². The highest BCUT2D eigenvalue weighted by Crippen LogP contribution is 2.30. The van der Waals surface area contributed by atoms with Gasteiger partial charge in [-0.25, -0.2) is 0 Å². The maximum atomic E-state index is 9.88. The molecule has 0 saturated heterocycles. The van der Waals surface area contributed by atoms with E-state index in [0.717, 1.165) is 28.9 Å². The molecule has 0 spiro atoms. The van der Waals surface area contributed by atoms with Crippen molar-refractivity contribution in [2.24, 2.45) is 17.2 Å². The van der Waals surface area contributed by atoms with E-state index in [1.54, 1.807) is 12.4 Å². The minimum atomic E-state index is -0.713. The zero-order valence-corrected chi connectivity index (χ0v) is 23.1. The first-order valence-corrected chi connectivity index (χ1v) is 14.0. The second kappa shape index (κ2) is 14.8. The van der Waals surface area contributed by atoms with Gasteiger partial charge < -0.3 is 27.6 Å². The van der Waals surface area contributed by atoms with Crippen molar-refractivity contribution < 1.29 is 5.11 Å². The lowest BCUT2D eigenvalue weighted by atomic mass is 9.78. The first-order chi connectivity index (χ1) is 19.4. The van der Waals surface area contributed by atoms with Gasteiger partial charge in [-0.2, -0.15) is 0 Å². The third-order valence-corrected chi connectivity index (χ3v) is 7.32. The number of hydrogen-bond acceptors (Lipinski definition) is 7. The molecule has 0 aliphatic carbocycles. The van der Waals surface area contributed by atoms with Crippen molar-refractivity contribution in [3.8, 4) is 0 Å². The quantitative estimate of drug-likeness (QED) is 0.157. The van der Waals surface area contributed by atoms with Gasteiger partial charge in [-0.1, -0.05) is 66.7 Å². The maximum Gasteiger partial charge on any atom is 0.0587 e. The number of nitrogens with one attached hydrogen (secondary N) is 1. The number of nitrogens with zero attached hydrogens (tertiary/aromatic N) is 2. The van der Waals surface area contributed by atoms with E-state index in [4.69, 9.17) is 17.2 Å². The number of aromatic nitrogens is 2. The van der Waals surface area contributed by atoms with Gasteiger partial charge in [0.25, 0.3) is 0 Å². The molecule has 210 valence electrons. The number of benzene rings is 2. The van der Waals surface area contributed by atoms with Gasteiger partial charge in [0.15, 0.2) is 0 Å². The molecule has 0 amide bonds. The van der Waals surface area contributed by atoms with E-state index in [-0.39, 0.29) is 24.7 Å². The van der Waals surface area contributed by atoms with Crippen LogP contribution in [0.1, 0.15) is 40.9 Å². The molecule has 7 nitrogen and oxygen atoms in total. The second-order valence-electron chi connectivity index (χ2n) is 10.8. The zero-order chi connectivity index (χ0) is 28.2. The SMILES string of the molecule is NC(Cc1ccccn1)CC(N)(CC(N)Cc1ccccn1)c1ccc(CN[C@@H](CO)Cc2ccccc2)cc1. The van der Waals surface area contributed by atoms with Crippen molar-refractivity contribution in [3.63, 3.8) is 0 Å². The Bertz CT molecular complexity index is 1210. The van der Waals surface area contributed by atoms with Gasteiger partial charge in [0.2, 0.25) is 0 Å². The van der Waals surface area contributed by atoms with Crippen LogP contribution in [-0.4, -0.2) is 39.8 Å². The summed E-state index contributed by atoms with van der Waals surface area (Å²) in [5.74, 6) is 0. The number of pyridine rings is 2. The van der Waals surface area contributed by atoms with Crippen molar-refractivity contribution in [1.82, 2.24) is 15.3 Å². The van der Waals surface area contributed by atoms with E-state index in [0.29, 0.717) is 32.2 Å². The number of aliphatic hydroxyl groups is 1. The first kappa shape index (κ1) is 29.5. The highest BCUT2D eigenvalue weighted by Gasteiger charge is 2.32. The summed E-state index contributed by atoms with van der Waals surface area (Å²) in [4.78, 5) is 8.88. The molecule has 0 aliphatic heterocycles.